The topological polar surface area (TPSA) is 58.9 Å². The average molecular weight is 309 g/mol. The van der Waals surface area contributed by atoms with Gasteiger partial charge in [-0.25, -0.2) is 4.68 Å². The number of para-hydroxylation sites is 1. The van der Waals surface area contributed by atoms with E-state index >= 15 is 0 Å². The number of hydrogen-bond acceptors (Lipinski definition) is 3. The van der Waals surface area contributed by atoms with E-state index < -0.39 is 0 Å². The molecule has 2 N–H and O–H groups in total. The summed E-state index contributed by atoms with van der Waals surface area (Å²) < 4.78 is 1.78. The first-order chi connectivity index (χ1) is 9.72. The zero-order chi connectivity index (χ0) is 14.4. The number of rotatable bonds is 6. The summed E-state index contributed by atoms with van der Waals surface area (Å²) in [5.41, 5.74) is 2.35. The Balaban J connectivity index is 0.00000220. The number of amides is 1. The van der Waals surface area contributed by atoms with Crippen LogP contribution in [0.3, 0.4) is 0 Å². The monoisotopic (exact) mass is 308 g/mol. The largest absolute Gasteiger partial charge is 0.351 e. The van der Waals surface area contributed by atoms with Crippen LogP contribution in [0.15, 0.2) is 36.4 Å². The van der Waals surface area contributed by atoms with Gasteiger partial charge in [0.1, 0.15) is 0 Å². The molecule has 2 rings (SSSR count). The highest BCUT2D eigenvalue weighted by atomic mass is 35.5. The number of carbonyl (C=O) groups excluding carboxylic acids is 1. The van der Waals surface area contributed by atoms with E-state index in [9.17, 15) is 4.79 Å². The predicted octanol–water partition coefficient (Wildman–Crippen LogP) is 1.94. The van der Waals surface area contributed by atoms with Gasteiger partial charge < -0.3 is 10.6 Å². The molecule has 0 unspecified atom stereocenters. The average Bonchev–Trinajstić information content (AvgIpc) is 2.86. The Morgan fingerprint density at radius 2 is 1.95 bits per heavy atom. The Morgan fingerprint density at radius 1 is 1.24 bits per heavy atom. The van der Waals surface area contributed by atoms with Crippen LogP contribution in [0, 0.1) is 6.92 Å². The molecule has 1 aromatic heterocycles. The van der Waals surface area contributed by atoms with E-state index in [1.807, 2.05) is 44.3 Å². The summed E-state index contributed by atoms with van der Waals surface area (Å²) in [6.45, 7) is 3.48. The lowest BCUT2D eigenvalue weighted by atomic mass is 10.3. The molecule has 6 heteroatoms. The normalized spacial score (nSPS) is 10.0. The molecule has 0 aliphatic carbocycles. The summed E-state index contributed by atoms with van der Waals surface area (Å²) in [5.74, 6) is -0.126. The second-order valence-corrected chi connectivity index (χ2v) is 4.63. The molecular weight excluding hydrogens is 288 g/mol. The highest BCUT2D eigenvalue weighted by Crippen LogP contribution is 2.11. The molecule has 0 radical (unpaired) electrons. The lowest BCUT2D eigenvalue weighted by molar-refractivity contribution is 0.0948. The summed E-state index contributed by atoms with van der Waals surface area (Å²) in [4.78, 5) is 12.0. The smallest absolute Gasteiger partial charge is 0.271 e. The summed E-state index contributed by atoms with van der Waals surface area (Å²) in [7, 11) is 1.90. The van der Waals surface area contributed by atoms with Gasteiger partial charge in [0.15, 0.2) is 5.69 Å². The van der Waals surface area contributed by atoms with Gasteiger partial charge in [-0.3, -0.25) is 4.79 Å². The second kappa shape index (κ2) is 8.44. The van der Waals surface area contributed by atoms with Crippen LogP contribution in [0.4, 0.5) is 0 Å². The van der Waals surface area contributed by atoms with Crippen LogP contribution < -0.4 is 10.6 Å². The number of nitrogens with zero attached hydrogens (tertiary/aromatic N) is 2. The van der Waals surface area contributed by atoms with Crippen molar-refractivity contribution in [1.29, 1.82) is 0 Å². The SMILES string of the molecule is CNCCCNC(=O)c1cc(C)n(-c2ccccc2)n1.Cl. The van der Waals surface area contributed by atoms with Crippen molar-refractivity contribution in [2.24, 2.45) is 0 Å². The number of carbonyl (C=O) groups is 1. The van der Waals surface area contributed by atoms with Gasteiger partial charge in [0.2, 0.25) is 0 Å². The molecule has 0 aliphatic rings. The molecule has 114 valence electrons. The first-order valence-corrected chi connectivity index (χ1v) is 6.77. The molecule has 0 fully saturated rings. The molecular formula is C15H21ClN4O. The molecule has 21 heavy (non-hydrogen) atoms. The van der Waals surface area contributed by atoms with E-state index in [1.165, 1.54) is 0 Å². The van der Waals surface area contributed by atoms with Crippen molar-refractivity contribution in [3.05, 3.63) is 47.8 Å². The third-order valence-corrected chi connectivity index (χ3v) is 3.01. The summed E-state index contributed by atoms with van der Waals surface area (Å²) in [6.07, 6.45) is 0.903. The fourth-order valence-corrected chi connectivity index (χ4v) is 1.97. The number of aryl methyl sites for hydroxylation is 1. The molecule has 0 spiro atoms. The third kappa shape index (κ3) is 4.58. The maximum Gasteiger partial charge on any atom is 0.271 e. The van der Waals surface area contributed by atoms with Gasteiger partial charge in [0, 0.05) is 12.2 Å². The molecule has 5 nitrogen and oxygen atoms in total. The van der Waals surface area contributed by atoms with Crippen molar-refractivity contribution >= 4 is 18.3 Å². The lowest BCUT2D eigenvalue weighted by Crippen LogP contribution is -2.27. The van der Waals surface area contributed by atoms with E-state index in [0.717, 1.165) is 24.3 Å². The molecule has 0 bridgehead atoms. The van der Waals surface area contributed by atoms with Crippen LogP contribution >= 0.6 is 12.4 Å². The van der Waals surface area contributed by atoms with Crippen molar-refractivity contribution in [2.45, 2.75) is 13.3 Å². The third-order valence-electron chi connectivity index (χ3n) is 3.01. The standard InChI is InChI=1S/C15H20N4O.ClH/c1-12-11-14(15(20)17-10-6-9-16-2)18-19(12)13-7-4-3-5-8-13;/h3-5,7-8,11,16H,6,9-10H2,1-2H3,(H,17,20);1H. The molecule has 0 saturated carbocycles. The minimum absolute atomic E-state index is 0. The van der Waals surface area contributed by atoms with Gasteiger partial charge in [-0.05, 0) is 45.1 Å². The van der Waals surface area contributed by atoms with Crippen LogP contribution in [0.5, 0.6) is 0 Å². The minimum atomic E-state index is -0.126. The second-order valence-electron chi connectivity index (χ2n) is 4.63. The summed E-state index contributed by atoms with van der Waals surface area (Å²) in [5, 5.41) is 10.3. The van der Waals surface area contributed by atoms with Gasteiger partial charge in [0.25, 0.3) is 5.91 Å². The summed E-state index contributed by atoms with van der Waals surface area (Å²) in [6, 6.07) is 11.6. The zero-order valence-corrected chi connectivity index (χ0v) is 13.1. The van der Waals surface area contributed by atoms with Crippen molar-refractivity contribution in [3.8, 4) is 5.69 Å². The van der Waals surface area contributed by atoms with E-state index in [-0.39, 0.29) is 18.3 Å². The van der Waals surface area contributed by atoms with Crippen molar-refractivity contribution < 1.29 is 4.79 Å². The fraction of sp³-hybridized carbons (Fsp3) is 0.333. The number of nitrogens with one attached hydrogen (secondary N) is 2. The molecule has 1 aromatic carbocycles. The maximum atomic E-state index is 12.0. The van der Waals surface area contributed by atoms with E-state index in [1.54, 1.807) is 10.7 Å². The predicted molar refractivity (Wildman–Crippen MR) is 86.4 cm³/mol. The molecule has 1 heterocycles. The first kappa shape index (κ1) is 17.2. The van der Waals surface area contributed by atoms with Crippen LogP contribution in [-0.2, 0) is 0 Å². The van der Waals surface area contributed by atoms with Gasteiger partial charge in [0.05, 0.1) is 5.69 Å². The molecule has 2 aromatic rings. The van der Waals surface area contributed by atoms with Crippen LogP contribution in [0.1, 0.15) is 22.6 Å². The zero-order valence-electron chi connectivity index (χ0n) is 12.3. The molecule has 1 amide bonds. The van der Waals surface area contributed by atoms with Gasteiger partial charge in [-0.15, -0.1) is 12.4 Å². The highest BCUT2D eigenvalue weighted by Gasteiger charge is 2.12. The number of aromatic nitrogens is 2. The Hall–Kier alpha value is -1.85. The van der Waals surface area contributed by atoms with Gasteiger partial charge in [-0.1, -0.05) is 18.2 Å². The molecule has 0 atom stereocenters. The van der Waals surface area contributed by atoms with E-state index in [2.05, 4.69) is 15.7 Å². The number of halogens is 1. The Labute approximate surface area is 131 Å². The number of benzene rings is 1. The van der Waals surface area contributed by atoms with Crippen LogP contribution in [0.2, 0.25) is 0 Å². The fourth-order valence-electron chi connectivity index (χ4n) is 1.97. The lowest BCUT2D eigenvalue weighted by Gasteiger charge is -2.03. The van der Waals surface area contributed by atoms with Crippen LogP contribution in [0.25, 0.3) is 5.69 Å². The van der Waals surface area contributed by atoms with E-state index in [4.69, 9.17) is 0 Å². The molecule has 0 aliphatic heterocycles. The molecule has 0 saturated heterocycles. The number of hydrogen-bond donors (Lipinski definition) is 2. The highest BCUT2D eigenvalue weighted by molar-refractivity contribution is 5.92. The van der Waals surface area contributed by atoms with E-state index in [0.29, 0.717) is 12.2 Å². The van der Waals surface area contributed by atoms with Crippen molar-refractivity contribution in [3.63, 3.8) is 0 Å². The quantitative estimate of drug-likeness (QED) is 0.802. The maximum absolute atomic E-state index is 12.0. The van der Waals surface area contributed by atoms with Crippen molar-refractivity contribution in [2.75, 3.05) is 20.1 Å². The van der Waals surface area contributed by atoms with Gasteiger partial charge in [-0.2, -0.15) is 5.10 Å². The Bertz CT molecular complexity index is 568. The van der Waals surface area contributed by atoms with Crippen LogP contribution in [-0.4, -0.2) is 35.8 Å². The minimum Gasteiger partial charge on any atom is -0.351 e. The Kier molecular flexibility index (Phi) is 6.91. The first-order valence-electron chi connectivity index (χ1n) is 6.77. The summed E-state index contributed by atoms with van der Waals surface area (Å²) >= 11 is 0. The van der Waals surface area contributed by atoms with Gasteiger partial charge >= 0.3 is 0 Å². The Morgan fingerprint density at radius 3 is 2.62 bits per heavy atom. The van der Waals surface area contributed by atoms with Crippen molar-refractivity contribution in [1.82, 2.24) is 20.4 Å².